The lowest BCUT2D eigenvalue weighted by atomic mass is 9.38. The van der Waals surface area contributed by atoms with Crippen LogP contribution in [-0.4, -0.2) is 43.5 Å². The number of anilines is 1. The van der Waals surface area contributed by atoms with Crippen molar-refractivity contribution in [3.05, 3.63) is 58.4 Å². The van der Waals surface area contributed by atoms with Gasteiger partial charge in [0, 0.05) is 36.8 Å². The molecule has 0 aliphatic heterocycles. The number of hydrogen-bond donors (Lipinski definition) is 2. The minimum absolute atomic E-state index is 0.0524. The molecule has 2 bridgehead atoms. The monoisotopic (exact) mass is 510 g/mol. The molecule has 35 heavy (non-hydrogen) atoms. The summed E-state index contributed by atoms with van der Waals surface area (Å²) in [7, 11) is 1.30. The number of ether oxygens (including phenoxy) is 2. The van der Waals surface area contributed by atoms with E-state index in [0.29, 0.717) is 19.3 Å². The number of methoxy groups -OCH3 is 1. The largest absolute Gasteiger partial charge is 0.484 e. The van der Waals surface area contributed by atoms with Gasteiger partial charge in [-0.05, 0) is 42.9 Å². The minimum atomic E-state index is -1.19. The summed E-state index contributed by atoms with van der Waals surface area (Å²) < 4.78 is 51.0. The first kappa shape index (κ1) is 25.0. The van der Waals surface area contributed by atoms with Gasteiger partial charge in [0.1, 0.15) is 18.2 Å². The summed E-state index contributed by atoms with van der Waals surface area (Å²) in [6.07, 6.45) is 1.69. The Balaban J connectivity index is 1.31. The molecule has 5 rings (SSSR count). The van der Waals surface area contributed by atoms with E-state index in [-0.39, 0.29) is 53.0 Å². The van der Waals surface area contributed by atoms with Crippen molar-refractivity contribution in [2.24, 2.45) is 5.41 Å². The molecule has 0 radical (unpaired) electrons. The van der Waals surface area contributed by atoms with E-state index in [1.165, 1.54) is 19.2 Å². The Labute approximate surface area is 203 Å². The maximum absolute atomic E-state index is 13.8. The topological polar surface area (TPSA) is 93.7 Å². The Bertz CT molecular complexity index is 1190. The molecule has 0 aromatic heterocycles. The third-order valence-electron chi connectivity index (χ3n) is 6.25. The van der Waals surface area contributed by atoms with Gasteiger partial charge in [-0.1, -0.05) is 11.6 Å². The summed E-state index contributed by atoms with van der Waals surface area (Å²) in [5.74, 6) is -4.30. The predicted octanol–water partition coefficient (Wildman–Crippen LogP) is 4.03. The van der Waals surface area contributed by atoms with Crippen molar-refractivity contribution in [1.29, 1.82) is 0 Å². The van der Waals surface area contributed by atoms with E-state index in [1.54, 1.807) is 0 Å². The average molecular weight is 511 g/mol. The molecular formula is C24H22ClF3N2O5. The summed E-state index contributed by atoms with van der Waals surface area (Å²) >= 11 is 5.62. The van der Waals surface area contributed by atoms with Crippen molar-refractivity contribution in [2.45, 2.75) is 31.2 Å². The Morgan fingerprint density at radius 2 is 1.66 bits per heavy atom. The number of ketones is 1. The van der Waals surface area contributed by atoms with Crippen LogP contribution in [0.2, 0.25) is 5.02 Å². The van der Waals surface area contributed by atoms with Gasteiger partial charge < -0.3 is 20.1 Å². The highest BCUT2D eigenvalue weighted by molar-refractivity contribution is 6.30. The molecule has 0 atom stereocenters. The van der Waals surface area contributed by atoms with Crippen LogP contribution in [0.1, 0.15) is 36.0 Å². The third-order valence-corrected chi connectivity index (χ3v) is 6.56. The average Bonchev–Trinajstić information content (AvgIpc) is 2.74. The Morgan fingerprint density at radius 3 is 2.31 bits per heavy atom. The van der Waals surface area contributed by atoms with Crippen molar-refractivity contribution in [3.8, 4) is 5.75 Å². The molecule has 2 aromatic rings. The van der Waals surface area contributed by atoms with Crippen LogP contribution in [0.4, 0.5) is 18.9 Å². The zero-order valence-corrected chi connectivity index (χ0v) is 19.4. The van der Waals surface area contributed by atoms with Gasteiger partial charge in [-0.25, -0.2) is 13.2 Å². The molecule has 11 heteroatoms. The number of hydrogen-bond acceptors (Lipinski definition) is 5. The molecule has 0 heterocycles. The van der Waals surface area contributed by atoms with Crippen molar-refractivity contribution in [3.63, 3.8) is 0 Å². The fourth-order valence-electron chi connectivity index (χ4n) is 5.00. The molecule has 0 spiro atoms. The number of benzene rings is 2. The second kappa shape index (κ2) is 9.50. The van der Waals surface area contributed by atoms with Crippen molar-refractivity contribution in [1.82, 2.24) is 5.32 Å². The fraction of sp³-hybridized carbons (Fsp3) is 0.375. The number of nitrogens with one attached hydrogen (secondary N) is 2. The van der Waals surface area contributed by atoms with Gasteiger partial charge in [0.15, 0.2) is 24.0 Å². The number of Topliss-reactive ketones (excluding diaryl/α,β-unsaturated/α-hetero) is 1. The summed E-state index contributed by atoms with van der Waals surface area (Å²) in [6.45, 7) is -0.621. The van der Waals surface area contributed by atoms with Gasteiger partial charge in [-0.2, -0.15) is 0 Å². The molecule has 3 fully saturated rings. The summed E-state index contributed by atoms with van der Waals surface area (Å²) in [6, 6.07) is 5.41. The van der Waals surface area contributed by atoms with Crippen LogP contribution >= 0.6 is 11.6 Å². The molecule has 186 valence electrons. The van der Waals surface area contributed by atoms with Crippen molar-refractivity contribution >= 4 is 34.9 Å². The molecule has 2 N–H and O–H groups in total. The summed E-state index contributed by atoms with van der Waals surface area (Å²) in [4.78, 5) is 37.0. The van der Waals surface area contributed by atoms with E-state index >= 15 is 0 Å². The highest BCUT2D eigenvalue weighted by Gasteiger charge is 2.68. The summed E-state index contributed by atoms with van der Waals surface area (Å²) in [5.41, 5.74) is -1.06. The molecule has 3 aliphatic rings. The fourth-order valence-corrected chi connectivity index (χ4v) is 5.12. The van der Waals surface area contributed by atoms with Crippen LogP contribution < -0.4 is 15.4 Å². The van der Waals surface area contributed by atoms with Crippen LogP contribution in [0.25, 0.3) is 0 Å². The van der Waals surface area contributed by atoms with Crippen molar-refractivity contribution in [2.75, 3.05) is 25.6 Å². The van der Waals surface area contributed by atoms with E-state index < -0.39 is 34.7 Å². The maximum Gasteiger partial charge on any atom is 0.258 e. The van der Waals surface area contributed by atoms with E-state index in [9.17, 15) is 27.6 Å². The lowest BCUT2D eigenvalue weighted by molar-refractivity contribution is -0.164. The number of rotatable bonds is 10. The zero-order valence-electron chi connectivity index (χ0n) is 18.7. The first-order valence-corrected chi connectivity index (χ1v) is 11.1. The zero-order chi connectivity index (χ0) is 25.4. The number of halogens is 4. The smallest absolute Gasteiger partial charge is 0.258 e. The Kier molecular flexibility index (Phi) is 6.79. The molecule has 7 nitrogen and oxygen atoms in total. The number of carbonyl (C=O) groups is 3. The van der Waals surface area contributed by atoms with E-state index in [1.807, 2.05) is 0 Å². The first-order valence-electron chi connectivity index (χ1n) is 10.7. The quantitative estimate of drug-likeness (QED) is 0.471. The van der Waals surface area contributed by atoms with Gasteiger partial charge in [0.2, 0.25) is 5.91 Å². The van der Waals surface area contributed by atoms with Crippen LogP contribution in [0.15, 0.2) is 30.3 Å². The van der Waals surface area contributed by atoms with Crippen LogP contribution in [0.3, 0.4) is 0 Å². The Hall–Kier alpha value is -3.11. The molecule has 0 unspecified atom stereocenters. The molecule has 3 aliphatic carbocycles. The lowest BCUT2D eigenvalue weighted by Crippen LogP contribution is -2.75. The highest BCUT2D eigenvalue weighted by atomic mass is 35.5. The Morgan fingerprint density at radius 1 is 0.971 bits per heavy atom. The lowest BCUT2D eigenvalue weighted by Gasteiger charge is -2.70. The predicted molar refractivity (Wildman–Crippen MR) is 120 cm³/mol. The SMILES string of the molecule is COCC(=O)Nc1cc(F)c(F)cc1C(=O)CC12CC(NC(=O)COc3ccc(Cl)c(F)c3)(C1)C2. The highest BCUT2D eigenvalue weighted by Crippen LogP contribution is 2.69. The normalized spacial score (nSPS) is 22.0. The first-order chi connectivity index (χ1) is 16.5. The van der Waals surface area contributed by atoms with E-state index in [2.05, 4.69) is 10.6 Å². The van der Waals surface area contributed by atoms with Gasteiger partial charge in [-0.15, -0.1) is 0 Å². The van der Waals surface area contributed by atoms with Gasteiger partial charge >= 0.3 is 0 Å². The number of carbonyl (C=O) groups excluding carboxylic acids is 3. The minimum Gasteiger partial charge on any atom is -0.484 e. The molecular weight excluding hydrogens is 489 g/mol. The molecule has 3 saturated carbocycles. The second-order valence-electron chi connectivity index (χ2n) is 9.12. The summed E-state index contributed by atoms with van der Waals surface area (Å²) in [5, 5.41) is 5.20. The third kappa shape index (κ3) is 5.28. The van der Waals surface area contributed by atoms with E-state index in [4.69, 9.17) is 21.1 Å². The van der Waals surface area contributed by atoms with Gasteiger partial charge in [0.25, 0.3) is 5.91 Å². The van der Waals surface area contributed by atoms with Crippen LogP contribution in [-0.2, 0) is 14.3 Å². The molecule has 2 amide bonds. The van der Waals surface area contributed by atoms with Gasteiger partial charge in [-0.3, -0.25) is 14.4 Å². The standard InChI is InChI=1S/C24H22ClF3N2O5/c1-34-8-21(32)29-19-6-18(28)17(27)5-14(19)20(31)7-23-10-24(11-23,12-23)30-22(33)9-35-13-2-3-15(25)16(26)4-13/h2-6H,7-12H2,1H3,(H,29,32)(H,30,33). The second-order valence-corrected chi connectivity index (χ2v) is 9.52. The van der Waals surface area contributed by atoms with E-state index in [0.717, 1.165) is 18.2 Å². The molecule has 0 saturated heterocycles. The van der Waals surface area contributed by atoms with Crippen LogP contribution in [0.5, 0.6) is 5.75 Å². The maximum atomic E-state index is 13.8. The van der Waals surface area contributed by atoms with Gasteiger partial charge in [0.05, 0.1) is 10.7 Å². The van der Waals surface area contributed by atoms with Crippen LogP contribution in [0, 0.1) is 22.9 Å². The number of amides is 2. The van der Waals surface area contributed by atoms with Crippen molar-refractivity contribution < 1.29 is 37.0 Å². The molecule has 2 aromatic carbocycles.